The lowest BCUT2D eigenvalue weighted by Gasteiger charge is -2.12. The van der Waals surface area contributed by atoms with E-state index >= 15 is 0 Å². The van der Waals surface area contributed by atoms with Crippen LogP contribution in [0.3, 0.4) is 0 Å². The first-order chi connectivity index (χ1) is 4.59. The normalized spacial score (nSPS) is 15.4. The van der Waals surface area contributed by atoms with Crippen LogP contribution in [0.4, 0.5) is 0 Å². The molecule has 10 heavy (non-hydrogen) atoms. The van der Waals surface area contributed by atoms with Crippen molar-refractivity contribution in [1.82, 2.24) is 0 Å². The molecule has 0 rings (SSSR count). The molecule has 0 saturated carbocycles. The van der Waals surface area contributed by atoms with Crippen molar-refractivity contribution >= 4 is 12.4 Å². The fourth-order valence-electron chi connectivity index (χ4n) is 0.406. The Morgan fingerprint density at radius 2 is 2.10 bits per heavy atom. The lowest BCUT2D eigenvalue weighted by molar-refractivity contribution is -0.149. The van der Waals surface area contributed by atoms with Crippen LogP contribution in [0.15, 0.2) is 0 Å². The number of rotatable bonds is 4. The average Bonchev–Trinajstić information content (AvgIpc) is 1.87. The molecule has 0 bridgehead atoms. The number of carboxylic acids is 1. The third kappa shape index (κ3) is 2.48. The van der Waals surface area contributed by atoms with Crippen LogP contribution in [0, 0.1) is 5.92 Å². The summed E-state index contributed by atoms with van der Waals surface area (Å²) in [5, 5.41) is 8.38. The summed E-state index contributed by atoms with van der Waals surface area (Å²) in [5.74, 6) is -1.61. The van der Waals surface area contributed by atoms with E-state index in [0.717, 1.165) is 0 Å². The number of hydrogen-bond acceptors (Lipinski definition) is 3. The van der Waals surface area contributed by atoms with Crippen LogP contribution >= 0.6 is 0 Å². The van der Waals surface area contributed by atoms with Gasteiger partial charge in [-0.3, -0.25) is 9.59 Å². The molecule has 0 heterocycles. The van der Waals surface area contributed by atoms with Gasteiger partial charge in [-0.05, 0) is 13.8 Å². The van der Waals surface area contributed by atoms with Crippen molar-refractivity contribution in [3.63, 3.8) is 0 Å². The molecule has 0 aromatic heterocycles. The fourth-order valence-corrected chi connectivity index (χ4v) is 0.406. The number of ether oxygens (including phenoxy) is 1. The number of carbonyl (C=O) groups is 2. The molecule has 0 aliphatic heterocycles. The first-order valence-corrected chi connectivity index (χ1v) is 2.91. The largest absolute Gasteiger partial charge is 0.481 e. The van der Waals surface area contributed by atoms with Gasteiger partial charge in [0, 0.05) is 0 Å². The van der Waals surface area contributed by atoms with Crippen LogP contribution in [-0.4, -0.2) is 23.7 Å². The Bertz CT molecular complexity index is 132. The van der Waals surface area contributed by atoms with Gasteiger partial charge in [-0.15, -0.1) is 0 Å². The van der Waals surface area contributed by atoms with Gasteiger partial charge in [-0.1, -0.05) is 0 Å². The van der Waals surface area contributed by atoms with Gasteiger partial charge in [0.05, 0.1) is 5.92 Å². The van der Waals surface area contributed by atoms with Crippen LogP contribution in [0.25, 0.3) is 0 Å². The standard InChI is InChI=1S/C6H10O4/c1-4(6(8)9)5(2)10-3-7/h3-5H,1-2H3,(H,8,9)/t4-,5-/m0/s1. The first kappa shape index (κ1) is 8.94. The van der Waals surface area contributed by atoms with E-state index in [9.17, 15) is 9.59 Å². The zero-order valence-corrected chi connectivity index (χ0v) is 5.90. The molecular weight excluding hydrogens is 136 g/mol. The molecule has 4 heteroatoms. The molecule has 0 unspecified atom stereocenters. The van der Waals surface area contributed by atoms with Gasteiger partial charge in [0.25, 0.3) is 6.47 Å². The predicted molar refractivity (Wildman–Crippen MR) is 33.4 cm³/mol. The Hall–Kier alpha value is -1.06. The van der Waals surface area contributed by atoms with Gasteiger partial charge in [0.1, 0.15) is 6.10 Å². The minimum Gasteiger partial charge on any atom is -0.481 e. The second kappa shape index (κ2) is 3.87. The lowest BCUT2D eigenvalue weighted by Crippen LogP contribution is -2.24. The highest BCUT2D eigenvalue weighted by Gasteiger charge is 2.19. The third-order valence-corrected chi connectivity index (χ3v) is 1.36. The maximum Gasteiger partial charge on any atom is 0.309 e. The Morgan fingerprint density at radius 1 is 1.60 bits per heavy atom. The van der Waals surface area contributed by atoms with E-state index < -0.39 is 18.0 Å². The molecule has 0 spiro atoms. The maximum absolute atomic E-state index is 10.2. The second-order valence-electron chi connectivity index (χ2n) is 2.06. The molecule has 0 aromatic rings. The summed E-state index contributed by atoms with van der Waals surface area (Å²) < 4.78 is 4.40. The predicted octanol–water partition coefficient (Wildman–Crippen LogP) is 0.269. The van der Waals surface area contributed by atoms with E-state index in [1.807, 2.05) is 0 Å². The van der Waals surface area contributed by atoms with Crippen molar-refractivity contribution in [3.8, 4) is 0 Å². The Balaban J connectivity index is 3.80. The van der Waals surface area contributed by atoms with E-state index in [4.69, 9.17) is 5.11 Å². The minimum absolute atomic E-state index is 0.254. The molecule has 0 aliphatic rings. The van der Waals surface area contributed by atoms with Crippen LogP contribution in [0.5, 0.6) is 0 Å². The molecule has 1 N–H and O–H groups in total. The van der Waals surface area contributed by atoms with Crippen LogP contribution < -0.4 is 0 Å². The molecule has 0 fully saturated rings. The number of carboxylic acid groups (broad SMARTS) is 1. The molecule has 4 nitrogen and oxygen atoms in total. The van der Waals surface area contributed by atoms with Crippen molar-refractivity contribution < 1.29 is 19.4 Å². The highest BCUT2D eigenvalue weighted by molar-refractivity contribution is 5.70. The zero-order chi connectivity index (χ0) is 8.15. The van der Waals surface area contributed by atoms with Crippen LogP contribution in [0.2, 0.25) is 0 Å². The summed E-state index contributed by atoms with van der Waals surface area (Å²) in [6, 6.07) is 0. The Labute approximate surface area is 58.8 Å². The van der Waals surface area contributed by atoms with Gasteiger partial charge in [-0.25, -0.2) is 0 Å². The quantitative estimate of drug-likeness (QED) is 0.578. The highest BCUT2D eigenvalue weighted by Crippen LogP contribution is 2.04. The van der Waals surface area contributed by atoms with Crippen LogP contribution in [0.1, 0.15) is 13.8 Å². The maximum atomic E-state index is 10.2. The summed E-state index contributed by atoms with van der Waals surface area (Å²) in [4.78, 5) is 19.9. The Morgan fingerprint density at radius 3 is 2.40 bits per heavy atom. The molecule has 0 saturated heterocycles. The molecule has 58 valence electrons. The molecular formula is C6H10O4. The summed E-state index contributed by atoms with van der Waals surface area (Å²) in [6.45, 7) is 3.27. The molecule has 0 aliphatic carbocycles. The van der Waals surface area contributed by atoms with E-state index in [-0.39, 0.29) is 6.47 Å². The summed E-state index contributed by atoms with van der Waals surface area (Å²) in [7, 11) is 0. The van der Waals surface area contributed by atoms with Gasteiger partial charge < -0.3 is 9.84 Å². The summed E-state index contributed by atoms with van der Waals surface area (Å²) >= 11 is 0. The van der Waals surface area contributed by atoms with Gasteiger partial charge in [-0.2, -0.15) is 0 Å². The molecule has 0 amide bonds. The van der Waals surface area contributed by atoms with Gasteiger partial charge in [0.2, 0.25) is 0 Å². The van der Waals surface area contributed by atoms with E-state index in [1.165, 1.54) is 13.8 Å². The van der Waals surface area contributed by atoms with Crippen molar-refractivity contribution in [2.24, 2.45) is 5.92 Å². The number of carbonyl (C=O) groups excluding carboxylic acids is 1. The topological polar surface area (TPSA) is 63.6 Å². The monoisotopic (exact) mass is 146 g/mol. The highest BCUT2D eigenvalue weighted by atomic mass is 16.5. The molecule has 0 aromatic carbocycles. The number of hydrogen-bond donors (Lipinski definition) is 1. The van der Waals surface area contributed by atoms with Crippen molar-refractivity contribution in [1.29, 1.82) is 0 Å². The smallest absolute Gasteiger partial charge is 0.309 e. The summed E-state index contributed by atoms with van der Waals surface area (Å²) in [5.41, 5.74) is 0. The van der Waals surface area contributed by atoms with Crippen molar-refractivity contribution in [2.75, 3.05) is 0 Å². The van der Waals surface area contributed by atoms with Gasteiger partial charge >= 0.3 is 5.97 Å². The SMILES string of the molecule is C[C@H](OC=O)[C@H](C)C(=O)O. The summed E-state index contributed by atoms with van der Waals surface area (Å²) in [6.07, 6.45) is -0.560. The molecule has 0 radical (unpaired) electrons. The fraction of sp³-hybridized carbons (Fsp3) is 0.667. The third-order valence-electron chi connectivity index (χ3n) is 1.36. The molecule has 2 atom stereocenters. The Kier molecular flexibility index (Phi) is 3.46. The first-order valence-electron chi connectivity index (χ1n) is 2.91. The minimum atomic E-state index is -0.964. The van der Waals surface area contributed by atoms with Crippen LogP contribution in [-0.2, 0) is 14.3 Å². The zero-order valence-electron chi connectivity index (χ0n) is 5.90. The van der Waals surface area contributed by atoms with E-state index in [0.29, 0.717) is 0 Å². The van der Waals surface area contributed by atoms with E-state index in [1.54, 1.807) is 0 Å². The lowest BCUT2D eigenvalue weighted by atomic mass is 10.1. The van der Waals surface area contributed by atoms with Crippen molar-refractivity contribution in [3.05, 3.63) is 0 Å². The van der Waals surface area contributed by atoms with Gasteiger partial charge in [0.15, 0.2) is 0 Å². The van der Waals surface area contributed by atoms with E-state index in [2.05, 4.69) is 4.74 Å². The number of aliphatic carboxylic acids is 1. The van der Waals surface area contributed by atoms with Crippen molar-refractivity contribution in [2.45, 2.75) is 20.0 Å². The second-order valence-corrected chi connectivity index (χ2v) is 2.06. The average molecular weight is 146 g/mol.